The van der Waals surface area contributed by atoms with Gasteiger partial charge in [-0.05, 0) is 67.6 Å². The van der Waals surface area contributed by atoms with Gasteiger partial charge in [-0.15, -0.1) is 15.0 Å². The van der Waals surface area contributed by atoms with Gasteiger partial charge in [0.1, 0.15) is 0 Å². The summed E-state index contributed by atoms with van der Waals surface area (Å²) in [6.07, 6.45) is 10.3. The van der Waals surface area contributed by atoms with Gasteiger partial charge in [0.2, 0.25) is 0 Å². The second-order valence-electron chi connectivity index (χ2n) is 5.65. The average molecular weight is 339 g/mol. The minimum atomic E-state index is -0.339. The molecule has 1 saturated heterocycles. The molecule has 0 saturated carbocycles. The summed E-state index contributed by atoms with van der Waals surface area (Å²) in [5.74, 6) is 0.189. The fourth-order valence-corrected chi connectivity index (χ4v) is 2.55. The quantitative estimate of drug-likeness (QED) is 0.594. The molecule has 0 aliphatic carbocycles. The van der Waals surface area contributed by atoms with Gasteiger partial charge in [0, 0.05) is 13.1 Å². The van der Waals surface area contributed by atoms with Gasteiger partial charge in [0.25, 0.3) is 0 Å². The van der Waals surface area contributed by atoms with Crippen molar-refractivity contribution in [3.8, 4) is 5.69 Å². The first-order chi connectivity index (χ1) is 12.3. The highest BCUT2D eigenvalue weighted by molar-refractivity contribution is 5.89. The van der Waals surface area contributed by atoms with E-state index >= 15 is 0 Å². The summed E-state index contributed by atoms with van der Waals surface area (Å²) in [7, 11) is 0. The maximum absolute atomic E-state index is 11.6. The standard InChI is InChI=1S/C18H21N5O2/c1-2-25-18(24)15-8-10-16(11-9-15)23-20-17(19-21-23)7-3-4-12-22-13-5-6-14-22/h3-4,7-12H,2,5-6,13-14H2,1H3/b7-3+,12-4+. The van der Waals surface area contributed by atoms with Crippen LogP contribution in [0, 0.1) is 0 Å². The van der Waals surface area contributed by atoms with Crippen LogP contribution in [0.1, 0.15) is 35.9 Å². The van der Waals surface area contributed by atoms with E-state index in [1.807, 2.05) is 18.2 Å². The molecule has 1 aliphatic heterocycles. The highest BCUT2D eigenvalue weighted by Gasteiger charge is 2.08. The van der Waals surface area contributed by atoms with Crippen LogP contribution in [0.5, 0.6) is 0 Å². The van der Waals surface area contributed by atoms with Crippen molar-refractivity contribution in [3.05, 3.63) is 54.0 Å². The summed E-state index contributed by atoms with van der Waals surface area (Å²) in [6, 6.07) is 6.89. The number of ether oxygens (including phenoxy) is 1. The Morgan fingerprint density at radius 3 is 2.68 bits per heavy atom. The van der Waals surface area contributed by atoms with Crippen LogP contribution in [0.2, 0.25) is 0 Å². The third-order valence-electron chi connectivity index (χ3n) is 3.83. The highest BCUT2D eigenvalue weighted by Crippen LogP contribution is 2.09. The largest absolute Gasteiger partial charge is 0.462 e. The predicted octanol–water partition coefficient (Wildman–Crippen LogP) is 2.46. The molecule has 1 aromatic heterocycles. The molecule has 130 valence electrons. The van der Waals surface area contributed by atoms with Gasteiger partial charge >= 0.3 is 5.97 Å². The van der Waals surface area contributed by atoms with Crippen molar-refractivity contribution in [3.63, 3.8) is 0 Å². The molecule has 0 radical (unpaired) electrons. The topological polar surface area (TPSA) is 73.1 Å². The van der Waals surface area contributed by atoms with Crippen LogP contribution >= 0.6 is 0 Å². The lowest BCUT2D eigenvalue weighted by molar-refractivity contribution is 0.0526. The molecule has 0 N–H and O–H groups in total. The minimum Gasteiger partial charge on any atom is -0.462 e. The summed E-state index contributed by atoms with van der Waals surface area (Å²) in [6.45, 7) is 4.38. The Morgan fingerprint density at radius 1 is 1.20 bits per heavy atom. The van der Waals surface area contributed by atoms with Crippen LogP contribution in [-0.2, 0) is 4.74 Å². The van der Waals surface area contributed by atoms with Crippen LogP contribution in [0.3, 0.4) is 0 Å². The Kier molecular flexibility index (Phi) is 5.56. The van der Waals surface area contributed by atoms with Crippen molar-refractivity contribution in [2.75, 3.05) is 19.7 Å². The average Bonchev–Trinajstić information content (AvgIpc) is 3.31. The highest BCUT2D eigenvalue weighted by atomic mass is 16.5. The number of nitrogens with zero attached hydrogens (tertiary/aromatic N) is 5. The van der Waals surface area contributed by atoms with E-state index in [2.05, 4.69) is 26.5 Å². The second-order valence-corrected chi connectivity index (χ2v) is 5.65. The molecule has 1 aliphatic rings. The Bertz CT molecular complexity index is 758. The molecule has 0 unspecified atom stereocenters. The molecule has 7 heteroatoms. The first kappa shape index (κ1) is 16.9. The number of hydrogen-bond acceptors (Lipinski definition) is 6. The van der Waals surface area contributed by atoms with E-state index in [9.17, 15) is 4.79 Å². The van der Waals surface area contributed by atoms with Crippen molar-refractivity contribution < 1.29 is 9.53 Å². The fraction of sp³-hybridized carbons (Fsp3) is 0.333. The first-order valence-electron chi connectivity index (χ1n) is 8.43. The summed E-state index contributed by atoms with van der Waals surface area (Å²) in [5.41, 5.74) is 1.23. The van der Waals surface area contributed by atoms with Crippen molar-refractivity contribution in [2.24, 2.45) is 0 Å². The molecular formula is C18H21N5O2. The number of hydrogen-bond donors (Lipinski definition) is 0. The van der Waals surface area contributed by atoms with Gasteiger partial charge in [0.05, 0.1) is 17.9 Å². The third kappa shape index (κ3) is 4.53. The smallest absolute Gasteiger partial charge is 0.338 e. The predicted molar refractivity (Wildman–Crippen MR) is 94.1 cm³/mol. The van der Waals surface area contributed by atoms with Gasteiger partial charge in [0.15, 0.2) is 5.82 Å². The number of carbonyl (C=O) groups excluding carboxylic acids is 1. The zero-order valence-electron chi connectivity index (χ0n) is 14.2. The maximum atomic E-state index is 11.6. The van der Waals surface area contributed by atoms with E-state index in [-0.39, 0.29) is 5.97 Å². The second kappa shape index (κ2) is 8.23. The summed E-state index contributed by atoms with van der Waals surface area (Å²) in [4.78, 5) is 15.4. The Balaban J connectivity index is 1.61. The normalized spacial score (nSPS) is 14.7. The summed E-state index contributed by atoms with van der Waals surface area (Å²) < 4.78 is 4.96. The zero-order chi connectivity index (χ0) is 17.5. The van der Waals surface area contributed by atoms with E-state index in [0.717, 1.165) is 18.8 Å². The molecule has 3 rings (SSSR count). The zero-order valence-corrected chi connectivity index (χ0v) is 14.2. The number of likely N-dealkylation sites (tertiary alicyclic amines) is 1. The third-order valence-corrected chi connectivity index (χ3v) is 3.83. The van der Waals surface area contributed by atoms with Gasteiger partial charge in [-0.2, -0.15) is 0 Å². The van der Waals surface area contributed by atoms with Crippen LogP contribution in [-0.4, -0.2) is 50.8 Å². The first-order valence-corrected chi connectivity index (χ1v) is 8.43. The minimum absolute atomic E-state index is 0.339. The molecule has 0 amide bonds. The number of carbonyl (C=O) groups is 1. The molecule has 0 atom stereocenters. The number of benzene rings is 1. The summed E-state index contributed by atoms with van der Waals surface area (Å²) >= 11 is 0. The molecule has 0 bridgehead atoms. The molecule has 0 spiro atoms. The van der Waals surface area contributed by atoms with Gasteiger partial charge in [-0.25, -0.2) is 4.79 Å². The van der Waals surface area contributed by atoms with Crippen LogP contribution in [0.4, 0.5) is 0 Å². The van der Waals surface area contributed by atoms with Gasteiger partial charge < -0.3 is 9.64 Å². The molecule has 1 aromatic carbocycles. The molecule has 2 heterocycles. The van der Waals surface area contributed by atoms with E-state index in [1.165, 1.54) is 17.6 Å². The van der Waals surface area contributed by atoms with Gasteiger partial charge in [-0.1, -0.05) is 6.08 Å². The molecular weight excluding hydrogens is 318 g/mol. The molecule has 1 fully saturated rings. The van der Waals surface area contributed by atoms with Crippen LogP contribution < -0.4 is 0 Å². The van der Waals surface area contributed by atoms with Crippen molar-refractivity contribution in [1.29, 1.82) is 0 Å². The SMILES string of the molecule is CCOC(=O)c1ccc(-n2nnc(/C=C/C=C/N3CCCC3)n2)cc1. The van der Waals surface area contributed by atoms with Crippen LogP contribution in [0.15, 0.2) is 42.6 Å². The summed E-state index contributed by atoms with van der Waals surface area (Å²) in [5, 5.41) is 12.3. The van der Waals surface area contributed by atoms with E-state index in [4.69, 9.17) is 4.74 Å². The molecule has 7 nitrogen and oxygen atoms in total. The van der Waals surface area contributed by atoms with Crippen molar-refractivity contribution >= 4 is 12.0 Å². The number of esters is 1. The lowest BCUT2D eigenvalue weighted by Crippen LogP contribution is -2.09. The number of rotatable bonds is 6. The van der Waals surface area contributed by atoms with E-state index in [0.29, 0.717) is 18.0 Å². The fourth-order valence-electron chi connectivity index (χ4n) is 2.55. The maximum Gasteiger partial charge on any atom is 0.338 e. The number of aromatic nitrogens is 4. The number of allylic oxidation sites excluding steroid dienone is 2. The lowest BCUT2D eigenvalue weighted by Gasteiger charge is -2.08. The Morgan fingerprint density at radius 2 is 1.96 bits per heavy atom. The van der Waals surface area contributed by atoms with E-state index in [1.54, 1.807) is 31.2 Å². The molecule has 25 heavy (non-hydrogen) atoms. The Hall–Kier alpha value is -2.96. The van der Waals surface area contributed by atoms with Crippen LogP contribution in [0.25, 0.3) is 11.8 Å². The van der Waals surface area contributed by atoms with Crippen molar-refractivity contribution in [2.45, 2.75) is 19.8 Å². The van der Waals surface area contributed by atoms with Crippen molar-refractivity contribution in [1.82, 2.24) is 25.1 Å². The monoisotopic (exact) mass is 339 g/mol. The number of tetrazole rings is 1. The van der Waals surface area contributed by atoms with Gasteiger partial charge in [-0.3, -0.25) is 0 Å². The van der Waals surface area contributed by atoms with E-state index < -0.39 is 0 Å². The molecule has 2 aromatic rings. The lowest BCUT2D eigenvalue weighted by atomic mass is 10.2. The Labute approximate surface area is 146 Å².